The number of ketones is 2. The zero-order valence-electron chi connectivity index (χ0n) is 12.0. The maximum Gasteiger partial charge on any atom is 0.194 e. The molecule has 2 aromatic heterocycles. The van der Waals surface area contributed by atoms with Crippen molar-refractivity contribution in [2.24, 2.45) is 5.41 Å². The lowest BCUT2D eigenvalue weighted by Crippen LogP contribution is -2.36. The molecule has 6 heteroatoms. The fourth-order valence-electron chi connectivity index (χ4n) is 2.55. The van der Waals surface area contributed by atoms with Gasteiger partial charge >= 0.3 is 0 Å². The highest BCUT2D eigenvalue weighted by molar-refractivity contribution is 7.28. The largest absolute Gasteiger partial charge is 0.494 e. The van der Waals surface area contributed by atoms with Crippen LogP contribution in [0.3, 0.4) is 0 Å². The molecule has 0 fully saturated rings. The van der Waals surface area contributed by atoms with E-state index in [0.717, 1.165) is 9.40 Å². The summed E-state index contributed by atoms with van der Waals surface area (Å²) in [7, 11) is 1.51. The highest BCUT2D eigenvalue weighted by Gasteiger charge is 2.44. The predicted octanol–water partition coefficient (Wildman–Crippen LogP) is 4.54. The van der Waals surface area contributed by atoms with Gasteiger partial charge in [0.25, 0.3) is 0 Å². The number of carbonyl (C=O) groups excluding carboxylic acids is 2. The highest BCUT2D eigenvalue weighted by atomic mass is 32.1. The van der Waals surface area contributed by atoms with Gasteiger partial charge in [-0.15, -0.1) is 22.7 Å². The molecule has 3 nitrogen and oxygen atoms in total. The van der Waals surface area contributed by atoms with Gasteiger partial charge in [0, 0.05) is 4.70 Å². The van der Waals surface area contributed by atoms with Gasteiger partial charge in [-0.3, -0.25) is 9.59 Å². The smallest absolute Gasteiger partial charge is 0.194 e. The molecule has 1 unspecified atom stereocenters. The van der Waals surface area contributed by atoms with Crippen molar-refractivity contribution >= 4 is 43.6 Å². The number of rotatable bonds is 4. The topological polar surface area (TPSA) is 43.4 Å². The summed E-state index contributed by atoms with van der Waals surface area (Å²) in [4.78, 5) is 25.6. The Kier molecular flexibility index (Phi) is 3.74. The quantitative estimate of drug-likeness (QED) is 0.608. The van der Waals surface area contributed by atoms with Crippen LogP contribution in [0.25, 0.3) is 9.40 Å². The second-order valence-electron chi connectivity index (χ2n) is 5.06. The van der Waals surface area contributed by atoms with Crippen LogP contribution in [0.15, 0.2) is 35.5 Å². The standard InChI is InChI=1S/C16H13FO3S2/c1-9(18)16(6-3-10(17)4-7-16)15(19)14-12(20-2)13-11(22-14)5-8-21-13/h3-6,8H,7H2,1-2H3. The third-order valence-corrected chi connectivity index (χ3v) is 6.02. The summed E-state index contributed by atoms with van der Waals surface area (Å²) in [6.07, 6.45) is 3.88. The van der Waals surface area contributed by atoms with Crippen LogP contribution in [0, 0.1) is 5.41 Å². The molecule has 2 aromatic rings. The first-order valence-electron chi connectivity index (χ1n) is 6.64. The minimum atomic E-state index is -1.34. The minimum Gasteiger partial charge on any atom is -0.494 e. The van der Waals surface area contributed by atoms with Crippen molar-refractivity contribution in [2.45, 2.75) is 13.3 Å². The third kappa shape index (κ3) is 2.14. The summed E-state index contributed by atoms with van der Waals surface area (Å²) >= 11 is 2.80. The maximum atomic E-state index is 13.3. The number of ether oxygens (including phenoxy) is 1. The van der Waals surface area contributed by atoms with Crippen molar-refractivity contribution in [1.29, 1.82) is 0 Å². The molecule has 2 heterocycles. The average Bonchev–Trinajstić information content (AvgIpc) is 3.07. The van der Waals surface area contributed by atoms with Gasteiger partial charge in [-0.25, -0.2) is 4.39 Å². The van der Waals surface area contributed by atoms with Crippen LogP contribution >= 0.6 is 22.7 Å². The lowest BCUT2D eigenvalue weighted by molar-refractivity contribution is -0.122. The summed E-state index contributed by atoms with van der Waals surface area (Å²) in [5.74, 6) is -0.547. The van der Waals surface area contributed by atoms with Gasteiger partial charge in [0.1, 0.15) is 21.9 Å². The number of thiophene rings is 2. The first kappa shape index (κ1) is 15.1. The van der Waals surface area contributed by atoms with Crippen LogP contribution in [0.5, 0.6) is 5.75 Å². The van der Waals surface area contributed by atoms with Gasteiger partial charge in [0.15, 0.2) is 11.5 Å². The van der Waals surface area contributed by atoms with Crippen molar-refractivity contribution in [3.63, 3.8) is 0 Å². The van der Waals surface area contributed by atoms with E-state index in [4.69, 9.17) is 4.74 Å². The third-order valence-electron chi connectivity index (χ3n) is 3.84. The first-order valence-corrected chi connectivity index (χ1v) is 8.34. The Morgan fingerprint density at radius 2 is 2.18 bits per heavy atom. The number of fused-ring (bicyclic) bond motifs is 1. The molecule has 0 saturated heterocycles. The average molecular weight is 336 g/mol. The van der Waals surface area contributed by atoms with Crippen molar-refractivity contribution in [3.8, 4) is 5.75 Å². The number of hydrogen-bond acceptors (Lipinski definition) is 5. The number of halogens is 1. The Hall–Kier alpha value is -1.79. The number of methoxy groups -OCH3 is 1. The lowest BCUT2D eigenvalue weighted by atomic mass is 9.74. The van der Waals surface area contributed by atoms with Gasteiger partial charge in [-0.2, -0.15) is 0 Å². The van der Waals surface area contributed by atoms with E-state index in [-0.39, 0.29) is 18.0 Å². The molecule has 0 N–H and O–H groups in total. The molecule has 0 amide bonds. The molecule has 0 bridgehead atoms. The number of hydrogen-bond donors (Lipinski definition) is 0. The molecule has 22 heavy (non-hydrogen) atoms. The lowest BCUT2D eigenvalue weighted by Gasteiger charge is -2.26. The predicted molar refractivity (Wildman–Crippen MR) is 86.6 cm³/mol. The van der Waals surface area contributed by atoms with E-state index >= 15 is 0 Å². The molecule has 0 spiro atoms. The van der Waals surface area contributed by atoms with E-state index in [2.05, 4.69) is 0 Å². The zero-order chi connectivity index (χ0) is 15.9. The molecule has 0 aromatic carbocycles. The summed E-state index contributed by atoms with van der Waals surface area (Å²) in [6, 6.07) is 1.92. The number of Topliss-reactive ketones (excluding diaryl/α,β-unsaturated/α-hetero) is 2. The first-order chi connectivity index (χ1) is 10.5. The Morgan fingerprint density at radius 1 is 1.41 bits per heavy atom. The Balaban J connectivity index is 2.13. The fourth-order valence-corrected chi connectivity index (χ4v) is 4.88. The molecule has 3 rings (SSSR count). The van der Waals surface area contributed by atoms with Crippen molar-refractivity contribution in [1.82, 2.24) is 0 Å². The van der Waals surface area contributed by atoms with Crippen LogP contribution in [0.1, 0.15) is 23.0 Å². The van der Waals surface area contributed by atoms with E-state index in [0.29, 0.717) is 10.6 Å². The van der Waals surface area contributed by atoms with Gasteiger partial charge < -0.3 is 4.74 Å². The molecule has 1 aliphatic carbocycles. The van der Waals surface area contributed by atoms with E-state index in [1.807, 2.05) is 11.4 Å². The van der Waals surface area contributed by atoms with Gasteiger partial charge in [0.2, 0.25) is 0 Å². The van der Waals surface area contributed by atoms with Gasteiger partial charge in [-0.05, 0) is 36.9 Å². The molecule has 0 saturated carbocycles. The SMILES string of the molecule is COc1c(C(=O)C2(C(C)=O)C=CC(F)=CC2)sc2ccsc12. The second-order valence-corrected chi connectivity index (χ2v) is 7.03. The normalized spacial score (nSPS) is 21.0. The van der Waals surface area contributed by atoms with Crippen LogP contribution in [0.4, 0.5) is 4.39 Å². The van der Waals surface area contributed by atoms with Crippen LogP contribution in [0.2, 0.25) is 0 Å². The number of allylic oxidation sites excluding steroid dienone is 4. The molecule has 114 valence electrons. The van der Waals surface area contributed by atoms with Crippen LogP contribution in [-0.2, 0) is 4.79 Å². The Morgan fingerprint density at radius 3 is 2.77 bits per heavy atom. The van der Waals surface area contributed by atoms with Crippen LogP contribution < -0.4 is 4.74 Å². The molecule has 0 radical (unpaired) electrons. The molecule has 0 aliphatic heterocycles. The summed E-state index contributed by atoms with van der Waals surface area (Å²) in [6.45, 7) is 1.36. The molecular formula is C16H13FO3S2. The Bertz CT molecular complexity index is 828. The summed E-state index contributed by atoms with van der Waals surface area (Å²) < 4.78 is 20.5. The van der Waals surface area contributed by atoms with E-state index < -0.39 is 11.2 Å². The fraction of sp³-hybridized carbons (Fsp3) is 0.250. The monoisotopic (exact) mass is 336 g/mol. The summed E-state index contributed by atoms with van der Waals surface area (Å²) in [5.41, 5.74) is -1.34. The van der Waals surface area contributed by atoms with Crippen LogP contribution in [-0.4, -0.2) is 18.7 Å². The van der Waals surface area contributed by atoms with Crippen molar-refractivity contribution < 1.29 is 18.7 Å². The Labute approximate surface area is 134 Å². The summed E-state index contributed by atoms with van der Waals surface area (Å²) in [5, 5.41) is 1.93. The highest BCUT2D eigenvalue weighted by Crippen LogP contribution is 2.45. The van der Waals surface area contributed by atoms with E-state index in [9.17, 15) is 14.0 Å². The van der Waals surface area contributed by atoms with Gasteiger partial charge in [0.05, 0.1) is 11.8 Å². The molecular weight excluding hydrogens is 323 g/mol. The van der Waals surface area contributed by atoms with E-state index in [1.54, 1.807) is 0 Å². The zero-order valence-corrected chi connectivity index (χ0v) is 13.6. The second kappa shape index (κ2) is 5.44. The molecule has 1 aliphatic rings. The minimum absolute atomic E-state index is 0.0399. The van der Waals surface area contributed by atoms with E-state index in [1.165, 1.54) is 54.9 Å². The maximum absolute atomic E-state index is 13.3. The number of carbonyl (C=O) groups is 2. The van der Waals surface area contributed by atoms with Crippen molar-refractivity contribution in [2.75, 3.05) is 7.11 Å². The molecule has 1 atom stereocenters. The van der Waals surface area contributed by atoms with Gasteiger partial charge in [-0.1, -0.05) is 6.08 Å². The van der Waals surface area contributed by atoms with Crippen molar-refractivity contribution in [3.05, 3.63) is 40.4 Å².